The molecule has 0 bridgehead atoms. The van der Waals surface area contributed by atoms with Crippen LogP contribution in [0.15, 0.2) is 16.9 Å². The van der Waals surface area contributed by atoms with Crippen molar-refractivity contribution in [3.63, 3.8) is 0 Å². The van der Waals surface area contributed by atoms with Crippen molar-refractivity contribution in [2.24, 2.45) is 0 Å². The van der Waals surface area contributed by atoms with Crippen LogP contribution >= 0.6 is 15.9 Å². The van der Waals surface area contributed by atoms with Gasteiger partial charge in [0, 0.05) is 25.3 Å². The highest BCUT2D eigenvalue weighted by molar-refractivity contribution is 9.10. The van der Waals surface area contributed by atoms with Crippen LogP contribution in [0.1, 0.15) is 19.3 Å². The fourth-order valence-electron chi connectivity index (χ4n) is 3.13. The van der Waals surface area contributed by atoms with Crippen molar-refractivity contribution < 1.29 is 0 Å². The number of nitrogen functional groups attached to an aromatic ring is 1. The number of hydrogen-bond acceptors (Lipinski definition) is 4. The largest absolute Gasteiger partial charge is 0.396 e. The van der Waals surface area contributed by atoms with Crippen LogP contribution < -0.4 is 10.6 Å². The number of likely N-dealkylation sites (tertiary alicyclic amines) is 1. The average Bonchev–Trinajstić information content (AvgIpc) is 2.99. The zero-order valence-corrected chi connectivity index (χ0v) is 12.1. The van der Waals surface area contributed by atoms with Gasteiger partial charge in [-0.1, -0.05) is 0 Å². The van der Waals surface area contributed by atoms with Crippen molar-refractivity contribution in [3.8, 4) is 0 Å². The van der Waals surface area contributed by atoms with Crippen LogP contribution in [0.5, 0.6) is 0 Å². The van der Waals surface area contributed by atoms with Gasteiger partial charge in [-0.2, -0.15) is 0 Å². The van der Waals surface area contributed by atoms with Gasteiger partial charge >= 0.3 is 0 Å². The van der Waals surface area contributed by atoms with E-state index >= 15 is 0 Å². The van der Waals surface area contributed by atoms with Crippen molar-refractivity contribution in [2.45, 2.75) is 25.3 Å². The Morgan fingerprint density at radius 1 is 1.22 bits per heavy atom. The number of aromatic nitrogens is 1. The molecule has 3 heterocycles. The minimum Gasteiger partial charge on any atom is -0.396 e. The zero-order chi connectivity index (χ0) is 12.5. The molecule has 1 aromatic heterocycles. The van der Waals surface area contributed by atoms with E-state index in [1.165, 1.54) is 32.4 Å². The summed E-state index contributed by atoms with van der Waals surface area (Å²) in [4.78, 5) is 9.13. The van der Waals surface area contributed by atoms with Crippen molar-refractivity contribution >= 4 is 27.3 Å². The van der Waals surface area contributed by atoms with Gasteiger partial charge in [0.15, 0.2) is 0 Å². The van der Waals surface area contributed by atoms with Gasteiger partial charge in [0.1, 0.15) is 0 Å². The average molecular weight is 311 g/mol. The molecular formula is C13H19BrN4. The molecule has 1 unspecified atom stereocenters. The normalized spacial score (nSPS) is 24.9. The van der Waals surface area contributed by atoms with E-state index in [1.807, 2.05) is 6.20 Å². The molecule has 18 heavy (non-hydrogen) atoms. The molecule has 0 aliphatic carbocycles. The van der Waals surface area contributed by atoms with Crippen LogP contribution in [0, 0.1) is 0 Å². The van der Waals surface area contributed by atoms with Crippen molar-refractivity contribution in [1.29, 1.82) is 0 Å². The molecule has 0 radical (unpaired) electrons. The molecule has 2 fully saturated rings. The summed E-state index contributed by atoms with van der Waals surface area (Å²) in [6.07, 6.45) is 7.53. The summed E-state index contributed by atoms with van der Waals surface area (Å²) in [7, 11) is 0. The Labute approximate surface area is 116 Å². The summed E-state index contributed by atoms with van der Waals surface area (Å²) in [5, 5.41) is 0. The van der Waals surface area contributed by atoms with Crippen LogP contribution in [0.2, 0.25) is 0 Å². The number of nitrogens with two attached hydrogens (primary N) is 1. The summed E-state index contributed by atoms with van der Waals surface area (Å²) in [6.45, 7) is 4.72. The molecule has 2 aliphatic heterocycles. The second-order valence-corrected chi connectivity index (χ2v) is 6.05. The third-order valence-electron chi connectivity index (χ3n) is 4.04. The SMILES string of the molecule is Nc1cncc(Br)c1N1CCC(N2CCCC2)C1. The predicted octanol–water partition coefficient (Wildman–Crippen LogP) is 2.10. The topological polar surface area (TPSA) is 45.4 Å². The first-order valence-electron chi connectivity index (χ1n) is 6.63. The first-order valence-corrected chi connectivity index (χ1v) is 7.43. The third-order valence-corrected chi connectivity index (χ3v) is 4.62. The lowest BCUT2D eigenvalue weighted by Crippen LogP contribution is -2.35. The summed E-state index contributed by atoms with van der Waals surface area (Å²) in [6, 6.07) is 0.701. The molecule has 0 spiro atoms. The van der Waals surface area contributed by atoms with Gasteiger partial charge in [0.25, 0.3) is 0 Å². The van der Waals surface area contributed by atoms with Gasteiger partial charge in [-0.15, -0.1) is 0 Å². The monoisotopic (exact) mass is 310 g/mol. The smallest absolute Gasteiger partial charge is 0.0776 e. The van der Waals surface area contributed by atoms with Gasteiger partial charge in [0.05, 0.1) is 22.0 Å². The van der Waals surface area contributed by atoms with E-state index < -0.39 is 0 Å². The maximum atomic E-state index is 6.05. The first kappa shape index (κ1) is 12.2. The summed E-state index contributed by atoms with van der Waals surface area (Å²) >= 11 is 3.56. The molecule has 5 heteroatoms. The summed E-state index contributed by atoms with van der Waals surface area (Å²) < 4.78 is 1.00. The Morgan fingerprint density at radius 2 is 2.00 bits per heavy atom. The van der Waals surface area contributed by atoms with Crippen molar-refractivity contribution in [2.75, 3.05) is 36.8 Å². The van der Waals surface area contributed by atoms with Gasteiger partial charge in [-0.05, 0) is 48.3 Å². The number of nitrogens with zero attached hydrogens (tertiary/aromatic N) is 3. The molecule has 2 saturated heterocycles. The van der Waals surface area contributed by atoms with Crippen molar-refractivity contribution in [1.82, 2.24) is 9.88 Å². The highest BCUT2D eigenvalue weighted by Gasteiger charge is 2.30. The molecule has 1 atom stereocenters. The third kappa shape index (κ3) is 2.21. The van der Waals surface area contributed by atoms with Crippen molar-refractivity contribution in [3.05, 3.63) is 16.9 Å². The van der Waals surface area contributed by atoms with E-state index in [0.717, 1.165) is 28.9 Å². The molecule has 0 aromatic carbocycles. The summed E-state index contributed by atoms with van der Waals surface area (Å²) in [5.74, 6) is 0. The Morgan fingerprint density at radius 3 is 2.72 bits per heavy atom. The van der Waals surface area contributed by atoms with E-state index in [0.29, 0.717) is 6.04 Å². The van der Waals surface area contributed by atoms with E-state index in [1.54, 1.807) is 6.20 Å². The fourth-order valence-corrected chi connectivity index (χ4v) is 3.72. The van der Waals surface area contributed by atoms with E-state index in [4.69, 9.17) is 5.73 Å². The summed E-state index contributed by atoms with van der Waals surface area (Å²) in [5.41, 5.74) is 7.94. The van der Waals surface area contributed by atoms with Crippen LogP contribution in [0.3, 0.4) is 0 Å². The van der Waals surface area contributed by atoms with E-state index in [9.17, 15) is 0 Å². The number of rotatable bonds is 2. The standard InChI is InChI=1S/C13H19BrN4/c14-11-7-16-8-12(15)13(11)18-6-3-10(9-18)17-4-1-2-5-17/h7-8,10H,1-6,9,15H2. The maximum Gasteiger partial charge on any atom is 0.0776 e. The predicted molar refractivity (Wildman–Crippen MR) is 77.8 cm³/mol. The van der Waals surface area contributed by atoms with Crippen LogP contribution in [-0.2, 0) is 0 Å². The molecule has 0 amide bonds. The molecule has 2 N–H and O–H groups in total. The molecule has 2 aliphatic rings. The van der Waals surface area contributed by atoms with E-state index in [2.05, 4.69) is 30.7 Å². The minimum atomic E-state index is 0.701. The molecule has 0 saturated carbocycles. The Kier molecular flexibility index (Phi) is 3.43. The zero-order valence-electron chi connectivity index (χ0n) is 10.5. The lowest BCUT2D eigenvalue weighted by atomic mass is 10.2. The second kappa shape index (κ2) is 5.05. The maximum absolute atomic E-state index is 6.05. The number of halogens is 1. The molecule has 3 rings (SSSR count). The highest BCUT2D eigenvalue weighted by Crippen LogP contribution is 2.34. The minimum absolute atomic E-state index is 0.701. The molecule has 1 aromatic rings. The van der Waals surface area contributed by atoms with Crippen LogP contribution in [-0.4, -0.2) is 42.1 Å². The highest BCUT2D eigenvalue weighted by atomic mass is 79.9. The molecule has 98 valence electrons. The van der Waals surface area contributed by atoms with Gasteiger partial charge in [-0.25, -0.2) is 0 Å². The number of pyridine rings is 1. The number of anilines is 2. The second-order valence-electron chi connectivity index (χ2n) is 5.19. The molecule has 4 nitrogen and oxygen atoms in total. The number of hydrogen-bond donors (Lipinski definition) is 1. The van der Waals surface area contributed by atoms with Crippen LogP contribution in [0.4, 0.5) is 11.4 Å². The Bertz CT molecular complexity index is 411. The Balaban J connectivity index is 1.75. The lowest BCUT2D eigenvalue weighted by molar-refractivity contribution is 0.260. The lowest BCUT2D eigenvalue weighted by Gasteiger charge is -2.25. The first-order chi connectivity index (χ1) is 8.75. The van der Waals surface area contributed by atoms with Gasteiger partial charge in [0.2, 0.25) is 0 Å². The fraction of sp³-hybridized carbons (Fsp3) is 0.615. The van der Waals surface area contributed by atoms with E-state index in [-0.39, 0.29) is 0 Å². The van der Waals surface area contributed by atoms with Gasteiger partial charge < -0.3 is 10.6 Å². The van der Waals surface area contributed by atoms with Crippen LogP contribution in [0.25, 0.3) is 0 Å². The molecular weight excluding hydrogens is 292 g/mol. The van der Waals surface area contributed by atoms with Gasteiger partial charge in [-0.3, -0.25) is 9.88 Å². The quantitative estimate of drug-likeness (QED) is 0.908. The Hall–Kier alpha value is -0.810.